The summed E-state index contributed by atoms with van der Waals surface area (Å²) in [6.07, 6.45) is 9.93. The van der Waals surface area contributed by atoms with Crippen LogP contribution in [0, 0.1) is 0 Å². The van der Waals surface area contributed by atoms with Crippen molar-refractivity contribution in [3.8, 4) is 28.3 Å². The molecule has 8 nitrogen and oxygen atoms in total. The molecule has 1 saturated heterocycles. The van der Waals surface area contributed by atoms with Crippen LogP contribution >= 0.6 is 0 Å². The summed E-state index contributed by atoms with van der Waals surface area (Å²) in [5, 5.41) is 10.9. The highest BCUT2D eigenvalue weighted by molar-refractivity contribution is 5.73. The first-order chi connectivity index (χ1) is 16.2. The molecular weight excluding hydrogens is 421 g/mol. The van der Waals surface area contributed by atoms with Crippen molar-refractivity contribution in [2.45, 2.75) is 37.5 Å². The van der Waals surface area contributed by atoms with E-state index in [1.54, 1.807) is 13.3 Å². The first-order valence-corrected chi connectivity index (χ1v) is 11.4. The standard InChI is InChI=1S/C24H26FN7O/c1-33-22-9-24-27-12-21(31(24)14-17(22)15-10-28-32(13-15)16-5-6-16)20-3-2-4-23(30-20)29-19-7-8-26-11-18(19)25/h2-4,9-10,12-14,16,18-19,26H,5-8,11H2,1H3,(H,29,30)/t18-,19-/m0/s1. The van der Waals surface area contributed by atoms with E-state index < -0.39 is 6.17 Å². The number of alkyl halides is 1. The molecule has 0 radical (unpaired) electrons. The minimum atomic E-state index is -0.938. The number of anilines is 1. The highest BCUT2D eigenvalue weighted by atomic mass is 19.1. The fourth-order valence-corrected chi connectivity index (χ4v) is 4.43. The van der Waals surface area contributed by atoms with Gasteiger partial charge < -0.3 is 15.4 Å². The van der Waals surface area contributed by atoms with Crippen LogP contribution in [0.3, 0.4) is 0 Å². The van der Waals surface area contributed by atoms with Crippen LogP contribution in [0.25, 0.3) is 28.2 Å². The molecule has 1 aliphatic heterocycles. The van der Waals surface area contributed by atoms with E-state index >= 15 is 0 Å². The van der Waals surface area contributed by atoms with Crippen LogP contribution in [0.5, 0.6) is 5.75 Å². The average molecular weight is 448 g/mol. The van der Waals surface area contributed by atoms with Gasteiger partial charge in [0.25, 0.3) is 0 Å². The van der Waals surface area contributed by atoms with Gasteiger partial charge in [0.05, 0.1) is 43.0 Å². The Kier molecular flexibility index (Phi) is 4.98. The van der Waals surface area contributed by atoms with Gasteiger partial charge in [0, 0.05) is 36.1 Å². The van der Waals surface area contributed by atoms with Crippen LogP contribution in [0.2, 0.25) is 0 Å². The van der Waals surface area contributed by atoms with Gasteiger partial charge in [0.15, 0.2) is 0 Å². The highest BCUT2D eigenvalue weighted by Gasteiger charge is 2.26. The molecule has 5 heterocycles. The molecule has 0 bridgehead atoms. The highest BCUT2D eigenvalue weighted by Crippen LogP contribution is 2.37. The fraction of sp³-hybridized carbons (Fsp3) is 0.375. The van der Waals surface area contributed by atoms with Gasteiger partial charge in [-0.05, 0) is 37.9 Å². The van der Waals surface area contributed by atoms with Gasteiger partial charge in [0.2, 0.25) is 0 Å². The zero-order valence-electron chi connectivity index (χ0n) is 18.4. The van der Waals surface area contributed by atoms with Crippen molar-refractivity contribution in [1.82, 2.24) is 29.5 Å². The van der Waals surface area contributed by atoms with Crippen LogP contribution in [-0.2, 0) is 0 Å². The Hall–Kier alpha value is -3.46. The molecule has 2 aliphatic rings. The van der Waals surface area contributed by atoms with E-state index in [0.29, 0.717) is 18.4 Å². The van der Waals surface area contributed by atoms with Crippen molar-refractivity contribution in [3.05, 3.63) is 49.1 Å². The molecule has 2 atom stereocenters. The Labute approximate surface area is 190 Å². The Morgan fingerprint density at radius 3 is 2.91 bits per heavy atom. The molecule has 0 aromatic carbocycles. The third kappa shape index (κ3) is 3.82. The van der Waals surface area contributed by atoms with Gasteiger partial charge in [-0.1, -0.05) is 6.07 Å². The summed E-state index contributed by atoms with van der Waals surface area (Å²) in [6, 6.07) is 7.96. The maximum absolute atomic E-state index is 14.3. The average Bonchev–Trinajstić information content (AvgIpc) is 3.42. The number of hydrogen-bond donors (Lipinski definition) is 2. The zero-order chi connectivity index (χ0) is 22.4. The lowest BCUT2D eigenvalue weighted by Crippen LogP contribution is -2.45. The summed E-state index contributed by atoms with van der Waals surface area (Å²) in [7, 11) is 1.67. The van der Waals surface area contributed by atoms with E-state index in [-0.39, 0.29) is 6.04 Å². The number of halogens is 1. The minimum absolute atomic E-state index is 0.241. The number of nitrogens with one attached hydrogen (secondary N) is 2. The number of imidazole rings is 1. The van der Waals surface area contributed by atoms with Gasteiger partial charge in [-0.3, -0.25) is 9.08 Å². The van der Waals surface area contributed by atoms with Crippen LogP contribution < -0.4 is 15.4 Å². The Morgan fingerprint density at radius 1 is 1.18 bits per heavy atom. The summed E-state index contributed by atoms with van der Waals surface area (Å²) < 4.78 is 24.0. The van der Waals surface area contributed by atoms with Crippen molar-refractivity contribution >= 4 is 11.5 Å². The van der Waals surface area contributed by atoms with E-state index in [1.165, 1.54) is 12.8 Å². The van der Waals surface area contributed by atoms with E-state index in [0.717, 1.165) is 46.9 Å². The molecule has 6 rings (SSSR count). The second kappa shape index (κ2) is 8.15. The summed E-state index contributed by atoms with van der Waals surface area (Å²) in [5.41, 5.74) is 4.34. The molecule has 0 unspecified atom stereocenters. The van der Waals surface area contributed by atoms with E-state index in [1.807, 2.05) is 45.7 Å². The molecule has 4 aromatic heterocycles. The third-order valence-corrected chi connectivity index (χ3v) is 6.42. The lowest BCUT2D eigenvalue weighted by atomic mass is 10.1. The largest absolute Gasteiger partial charge is 0.496 e. The zero-order valence-corrected chi connectivity index (χ0v) is 18.4. The van der Waals surface area contributed by atoms with Gasteiger partial charge in [-0.25, -0.2) is 14.4 Å². The first kappa shape index (κ1) is 20.2. The van der Waals surface area contributed by atoms with Crippen LogP contribution in [-0.4, -0.2) is 56.6 Å². The van der Waals surface area contributed by atoms with E-state index in [9.17, 15) is 4.39 Å². The Morgan fingerprint density at radius 2 is 2.09 bits per heavy atom. The topological polar surface area (TPSA) is 81.3 Å². The molecule has 1 saturated carbocycles. The van der Waals surface area contributed by atoms with Gasteiger partial charge in [0.1, 0.15) is 23.4 Å². The van der Waals surface area contributed by atoms with Gasteiger partial charge >= 0.3 is 0 Å². The normalized spacial score (nSPS) is 20.8. The van der Waals surface area contributed by atoms with Crippen molar-refractivity contribution in [3.63, 3.8) is 0 Å². The van der Waals surface area contributed by atoms with Gasteiger partial charge in [-0.2, -0.15) is 5.10 Å². The summed E-state index contributed by atoms with van der Waals surface area (Å²) in [4.78, 5) is 9.34. The summed E-state index contributed by atoms with van der Waals surface area (Å²) in [5.74, 6) is 1.41. The monoisotopic (exact) mass is 447 g/mol. The number of ether oxygens (including phenoxy) is 1. The SMILES string of the molecule is COc1cc2ncc(-c3cccc(N[C@H]4CCNC[C@@H]4F)n3)n2cc1-c1cnn(C2CC2)c1. The number of fused-ring (bicyclic) bond motifs is 1. The minimum Gasteiger partial charge on any atom is -0.496 e. The summed E-state index contributed by atoms with van der Waals surface area (Å²) in [6.45, 7) is 1.17. The molecule has 9 heteroatoms. The van der Waals surface area contributed by atoms with Crippen LogP contribution in [0.15, 0.2) is 49.1 Å². The molecule has 4 aromatic rings. The lowest BCUT2D eigenvalue weighted by molar-refractivity contribution is 0.244. The predicted octanol–water partition coefficient (Wildman–Crippen LogP) is 3.72. The fourth-order valence-electron chi connectivity index (χ4n) is 4.43. The number of methoxy groups -OCH3 is 1. The lowest BCUT2D eigenvalue weighted by Gasteiger charge is -2.27. The van der Waals surface area contributed by atoms with Crippen molar-refractivity contribution < 1.29 is 9.13 Å². The molecule has 0 spiro atoms. The number of pyridine rings is 2. The van der Waals surface area contributed by atoms with E-state index in [2.05, 4.69) is 26.9 Å². The third-order valence-electron chi connectivity index (χ3n) is 6.42. The molecule has 33 heavy (non-hydrogen) atoms. The van der Waals surface area contributed by atoms with Crippen LogP contribution in [0.4, 0.5) is 10.2 Å². The molecule has 170 valence electrons. The Balaban J connectivity index is 1.36. The quantitative estimate of drug-likeness (QED) is 0.469. The number of rotatable bonds is 6. The Bertz CT molecular complexity index is 1300. The van der Waals surface area contributed by atoms with Gasteiger partial charge in [-0.15, -0.1) is 0 Å². The molecule has 2 N–H and O–H groups in total. The van der Waals surface area contributed by atoms with E-state index in [4.69, 9.17) is 9.72 Å². The second-order valence-electron chi connectivity index (χ2n) is 8.74. The number of aromatic nitrogens is 5. The van der Waals surface area contributed by atoms with Crippen molar-refractivity contribution in [2.24, 2.45) is 0 Å². The molecule has 1 aliphatic carbocycles. The number of piperidine rings is 1. The number of nitrogens with zero attached hydrogens (tertiary/aromatic N) is 5. The van der Waals surface area contributed by atoms with Crippen molar-refractivity contribution in [1.29, 1.82) is 0 Å². The van der Waals surface area contributed by atoms with Crippen LogP contribution in [0.1, 0.15) is 25.3 Å². The molecular formula is C24H26FN7O. The second-order valence-corrected chi connectivity index (χ2v) is 8.74. The van der Waals surface area contributed by atoms with Crippen molar-refractivity contribution in [2.75, 3.05) is 25.5 Å². The number of hydrogen-bond acceptors (Lipinski definition) is 6. The molecule has 2 fully saturated rings. The summed E-state index contributed by atoms with van der Waals surface area (Å²) >= 11 is 0. The first-order valence-electron chi connectivity index (χ1n) is 11.4. The smallest absolute Gasteiger partial charge is 0.140 e. The molecule has 0 amide bonds. The maximum Gasteiger partial charge on any atom is 0.140 e. The predicted molar refractivity (Wildman–Crippen MR) is 124 cm³/mol. The maximum atomic E-state index is 14.3.